The van der Waals surface area contributed by atoms with Gasteiger partial charge in [0.2, 0.25) is 29.5 Å². The molecular formula is C17H30N6O7. The lowest BCUT2D eigenvalue weighted by atomic mass is 9.97. The molecule has 170 valence electrons. The van der Waals surface area contributed by atoms with Crippen LogP contribution in [0, 0.1) is 5.92 Å². The van der Waals surface area contributed by atoms with Crippen molar-refractivity contribution in [2.75, 3.05) is 6.54 Å². The molecule has 0 aromatic rings. The molecule has 0 bridgehead atoms. The molecular weight excluding hydrogens is 400 g/mol. The summed E-state index contributed by atoms with van der Waals surface area (Å²) < 4.78 is 0. The van der Waals surface area contributed by atoms with Gasteiger partial charge in [0.15, 0.2) is 0 Å². The topological polar surface area (TPSA) is 237 Å². The Labute approximate surface area is 173 Å². The first kappa shape index (κ1) is 26.8. The van der Waals surface area contributed by atoms with Crippen LogP contribution >= 0.6 is 0 Å². The SMILES string of the molecule is CCC(C)C(NC(=O)C(CCC(N)=O)NC(=O)CN)C(=O)NC(CC(N)=O)C(=O)O. The number of carboxylic acid groups (broad SMARTS) is 1. The van der Waals surface area contributed by atoms with E-state index in [4.69, 9.17) is 22.3 Å². The highest BCUT2D eigenvalue weighted by atomic mass is 16.4. The molecule has 0 aliphatic heterocycles. The average Bonchev–Trinajstić information content (AvgIpc) is 2.66. The molecule has 0 saturated heterocycles. The number of carbonyl (C=O) groups is 6. The van der Waals surface area contributed by atoms with E-state index < -0.39 is 72.5 Å². The summed E-state index contributed by atoms with van der Waals surface area (Å²) in [4.78, 5) is 70.2. The Bertz CT molecular complexity index is 669. The zero-order chi connectivity index (χ0) is 23.4. The molecule has 0 aliphatic rings. The zero-order valence-electron chi connectivity index (χ0n) is 17.0. The Morgan fingerprint density at radius 2 is 1.50 bits per heavy atom. The lowest BCUT2D eigenvalue weighted by Gasteiger charge is -2.27. The highest BCUT2D eigenvalue weighted by molar-refractivity contribution is 5.94. The van der Waals surface area contributed by atoms with Crippen molar-refractivity contribution in [1.29, 1.82) is 0 Å². The second kappa shape index (κ2) is 13.1. The molecule has 0 aromatic carbocycles. The van der Waals surface area contributed by atoms with Crippen LogP contribution in [0.3, 0.4) is 0 Å². The van der Waals surface area contributed by atoms with Crippen molar-refractivity contribution in [3.8, 4) is 0 Å². The molecule has 0 fully saturated rings. The molecule has 13 nitrogen and oxygen atoms in total. The van der Waals surface area contributed by atoms with Gasteiger partial charge in [-0.1, -0.05) is 20.3 Å². The Morgan fingerprint density at radius 3 is 1.93 bits per heavy atom. The van der Waals surface area contributed by atoms with Gasteiger partial charge in [-0.2, -0.15) is 0 Å². The van der Waals surface area contributed by atoms with Crippen LogP contribution in [0.25, 0.3) is 0 Å². The molecule has 0 radical (unpaired) electrons. The van der Waals surface area contributed by atoms with Crippen molar-refractivity contribution in [3.63, 3.8) is 0 Å². The van der Waals surface area contributed by atoms with E-state index in [-0.39, 0.29) is 12.8 Å². The fourth-order valence-corrected chi connectivity index (χ4v) is 2.43. The molecule has 0 heterocycles. The molecule has 5 amide bonds. The molecule has 0 spiro atoms. The molecule has 0 aromatic heterocycles. The number of nitrogens with one attached hydrogen (secondary N) is 3. The van der Waals surface area contributed by atoms with Crippen molar-refractivity contribution in [2.45, 2.75) is 57.7 Å². The average molecular weight is 430 g/mol. The third-order valence-corrected chi connectivity index (χ3v) is 4.33. The fraction of sp³-hybridized carbons (Fsp3) is 0.647. The summed E-state index contributed by atoms with van der Waals surface area (Å²) in [5, 5.41) is 16.1. The number of amides is 5. The second-order valence-corrected chi connectivity index (χ2v) is 6.77. The van der Waals surface area contributed by atoms with Gasteiger partial charge < -0.3 is 38.3 Å². The van der Waals surface area contributed by atoms with Crippen molar-refractivity contribution < 1.29 is 33.9 Å². The molecule has 4 unspecified atom stereocenters. The Kier molecular flexibility index (Phi) is 11.7. The van der Waals surface area contributed by atoms with Crippen molar-refractivity contribution in [1.82, 2.24) is 16.0 Å². The van der Waals surface area contributed by atoms with E-state index in [1.807, 2.05) is 0 Å². The Hall–Kier alpha value is -3.22. The number of nitrogens with two attached hydrogens (primary N) is 3. The van der Waals surface area contributed by atoms with Crippen molar-refractivity contribution in [3.05, 3.63) is 0 Å². The number of hydrogen-bond donors (Lipinski definition) is 7. The van der Waals surface area contributed by atoms with Gasteiger partial charge in [-0.05, 0) is 12.3 Å². The quantitative estimate of drug-likeness (QED) is 0.147. The molecule has 30 heavy (non-hydrogen) atoms. The first-order chi connectivity index (χ1) is 13.9. The molecule has 10 N–H and O–H groups in total. The predicted molar refractivity (Wildman–Crippen MR) is 104 cm³/mol. The first-order valence-electron chi connectivity index (χ1n) is 9.32. The van der Waals surface area contributed by atoms with Gasteiger partial charge in [-0.15, -0.1) is 0 Å². The molecule has 4 atom stereocenters. The number of carboxylic acids is 1. The van der Waals surface area contributed by atoms with Crippen molar-refractivity contribution in [2.24, 2.45) is 23.1 Å². The van der Waals surface area contributed by atoms with E-state index in [0.29, 0.717) is 6.42 Å². The molecule has 0 saturated carbocycles. The second-order valence-electron chi connectivity index (χ2n) is 6.77. The highest BCUT2D eigenvalue weighted by Crippen LogP contribution is 2.10. The van der Waals surface area contributed by atoms with Crippen LogP contribution in [0.1, 0.15) is 39.5 Å². The number of carbonyl (C=O) groups excluding carboxylic acids is 5. The van der Waals surface area contributed by atoms with Gasteiger partial charge in [0.25, 0.3) is 0 Å². The summed E-state index contributed by atoms with van der Waals surface area (Å²) in [5.41, 5.74) is 15.3. The molecule has 0 aliphatic carbocycles. The van der Waals surface area contributed by atoms with E-state index in [2.05, 4.69) is 16.0 Å². The standard InChI is InChI=1S/C17H30N6O7/c1-3-8(2)14(16(28)22-10(17(29)30)6-12(20)25)23-15(27)9(4-5-11(19)24)21-13(26)7-18/h8-10,14H,3-7,18H2,1-2H3,(H2,19,24)(H2,20,25)(H,21,26)(H,22,28)(H,23,27)(H,29,30). The number of rotatable bonds is 14. The minimum absolute atomic E-state index is 0.124. The van der Waals surface area contributed by atoms with Crippen molar-refractivity contribution >= 4 is 35.5 Å². The van der Waals surface area contributed by atoms with Crippen LogP contribution in [0.2, 0.25) is 0 Å². The number of aliphatic carboxylic acids is 1. The summed E-state index contributed by atoms with van der Waals surface area (Å²) in [6.07, 6.45) is -0.521. The van der Waals surface area contributed by atoms with Crippen LogP contribution in [-0.4, -0.2) is 65.3 Å². The Morgan fingerprint density at radius 1 is 0.900 bits per heavy atom. The van der Waals surface area contributed by atoms with Gasteiger partial charge in [-0.3, -0.25) is 24.0 Å². The third kappa shape index (κ3) is 9.82. The maximum absolute atomic E-state index is 12.7. The number of hydrogen-bond acceptors (Lipinski definition) is 7. The Balaban J connectivity index is 5.47. The first-order valence-corrected chi connectivity index (χ1v) is 9.32. The molecule has 0 rings (SSSR count). The van der Waals surface area contributed by atoms with E-state index in [0.717, 1.165) is 0 Å². The van der Waals surface area contributed by atoms with E-state index in [9.17, 15) is 28.8 Å². The van der Waals surface area contributed by atoms with E-state index in [1.54, 1.807) is 13.8 Å². The normalized spacial score (nSPS) is 14.5. The van der Waals surface area contributed by atoms with Crippen LogP contribution in [0.15, 0.2) is 0 Å². The smallest absolute Gasteiger partial charge is 0.326 e. The minimum atomic E-state index is -1.57. The van der Waals surface area contributed by atoms with Crippen LogP contribution < -0.4 is 33.2 Å². The minimum Gasteiger partial charge on any atom is -0.480 e. The van der Waals surface area contributed by atoms with Crippen LogP contribution in [0.5, 0.6) is 0 Å². The van der Waals surface area contributed by atoms with Gasteiger partial charge in [-0.25, -0.2) is 4.79 Å². The van der Waals surface area contributed by atoms with Gasteiger partial charge >= 0.3 is 5.97 Å². The van der Waals surface area contributed by atoms with Crippen LogP contribution in [-0.2, 0) is 28.8 Å². The predicted octanol–water partition coefficient (Wildman–Crippen LogP) is -3.33. The maximum Gasteiger partial charge on any atom is 0.326 e. The van der Waals surface area contributed by atoms with E-state index >= 15 is 0 Å². The largest absolute Gasteiger partial charge is 0.480 e. The lowest BCUT2D eigenvalue weighted by Crippen LogP contribution is -2.58. The summed E-state index contributed by atoms with van der Waals surface area (Å²) >= 11 is 0. The van der Waals surface area contributed by atoms with Gasteiger partial charge in [0.05, 0.1) is 13.0 Å². The number of primary amides is 2. The maximum atomic E-state index is 12.7. The molecule has 13 heteroatoms. The highest BCUT2D eigenvalue weighted by Gasteiger charge is 2.32. The fourth-order valence-electron chi connectivity index (χ4n) is 2.43. The van der Waals surface area contributed by atoms with Crippen LogP contribution in [0.4, 0.5) is 0 Å². The van der Waals surface area contributed by atoms with Gasteiger partial charge in [0, 0.05) is 6.42 Å². The summed E-state index contributed by atoms with van der Waals surface area (Å²) in [6, 6.07) is -3.93. The lowest BCUT2D eigenvalue weighted by molar-refractivity contribution is -0.144. The third-order valence-electron chi connectivity index (χ3n) is 4.33. The zero-order valence-corrected chi connectivity index (χ0v) is 17.0. The van der Waals surface area contributed by atoms with E-state index in [1.165, 1.54) is 0 Å². The summed E-state index contributed by atoms with van der Waals surface area (Å²) in [5.74, 6) is -5.79. The summed E-state index contributed by atoms with van der Waals surface area (Å²) in [6.45, 7) is 2.99. The van der Waals surface area contributed by atoms with Gasteiger partial charge in [0.1, 0.15) is 18.1 Å². The summed E-state index contributed by atoms with van der Waals surface area (Å²) in [7, 11) is 0. The monoisotopic (exact) mass is 430 g/mol.